The van der Waals surface area contributed by atoms with Crippen LogP contribution in [-0.2, 0) is 20.7 Å². The van der Waals surface area contributed by atoms with E-state index >= 15 is 0 Å². The summed E-state index contributed by atoms with van der Waals surface area (Å²) in [5.74, 6) is -0.0115. The van der Waals surface area contributed by atoms with Gasteiger partial charge in [-0.3, -0.25) is 4.79 Å². The molecule has 5 heteroatoms. The Hall–Kier alpha value is -2.21. The van der Waals surface area contributed by atoms with Crippen molar-refractivity contribution in [2.24, 2.45) is 0 Å². The molecule has 2 aliphatic rings. The minimum Gasteiger partial charge on any atom is -0.386 e. The summed E-state index contributed by atoms with van der Waals surface area (Å²) in [6, 6.07) is 15.6. The summed E-state index contributed by atoms with van der Waals surface area (Å²) in [5.41, 5.74) is 2.08. The highest BCUT2D eigenvalue weighted by atomic mass is 16.7. The van der Waals surface area contributed by atoms with Gasteiger partial charge in [0.25, 0.3) is 5.91 Å². The Kier molecular flexibility index (Phi) is 4.78. The Bertz CT molecular complexity index is 880. The molecule has 2 fully saturated rings. The molecule has 0 aliphatic carbocycles. The zero-order valence-electron chi connectivity index (χ0n) is 16.6. The second-order valence-electron chi connectivity index (χ2n) is 8.26. The maximum atomic E-state index is 13.1. The fourth-order valence-corrected chi connectivity index (χ4v) is 4.46. The van der Waals surface area contributed by atoms with Crippen molar-refractivity contribution in [2.75, 3.05) is 19.9 Å². The molecular weight excluding hydrogens is 354 g/mol. The molecule has 1 unspecified atom stereocenters. The number of benzene rings is 2. The highest BCUT2D eigenvalue weighted by Crippen LogP contribution is 2.42. The molecule has 5 nitrogen and oxygen atoms in total. The molecule has 2 heterocycles. The van der Waals surface area contributed by atoms with Crippen LogP contribution in [0.25, 0.3) is 0 Å². The molecule has 1 amide bonds. The smallest absolute Gasteiger partial charge is 0.253 e. The number of nitrogens with zero attached hydrogens (tertiary/aromatic N) is 1. The molecule has 2 aromatic carbocycles. The minimum atomic E-state index is -0.929. The quantitative estimate of drug-likeness (QED) is 0.880. The average molecular weight is 383 g/mol. The SMILES string of the molecule is Cc1cc(C(=O)N2CC[C@@]3(c4ccccc4)OCOC3C2)ccc1C(C)(C)O.[HH]. The molecule has 2 atom stereocenters. The molecular formula is C23H29NO4. The van der Waals surface area contributed by atoms with E-state index in [1.54, 1.807) is 19.9 Å². The van der Waals surface area contributed by atoms with Gasteiger partial charge in [-0.25, -0.2) is 0 Å². The van der Waals surface area contributed by atoms with E-state index in [1.165, 1.54) is 0 Å². The summed E-state index contributed by atoms with van der Waals surface area (Å²) in [4.78, 5) is 15.0. The van der Waals surface area contributed by atoms with Crippen molar-refractivity contribution in [2.45, 2.75) is 44.5 Å². The number of likely N-dealkylation sites (tertiary alicyclic amines) is 1. The van der Waals surface area contributed by atoms with E-state index in [0.29, 0.717) is 25.1 Å². The summed E-state index contributed by atoms with van der Waals surface area (Å²) in [6.07, 6.45) is 0.526. The second-order valence-corrected chi connectivity index (χ2v) is 8.26. The van der Waals surface area contributed by atoms with Crippen LogP contribution in [0.2, 0.25) is 0 Å². The Morgan fingerprint density at radius 3 is 2.68 bits per heavy atom. The molecule has 28 heavy (non-hydrogen) atoms. The van der Waals surface area contributed by atoms with Crippen LogP contribution < -0.4 is 0 Å². The lowest BCUT2D eigenvalue weighted by molar-refractivity contribution is -0.0439. The van der Waals surface area contributed by atoms with Crippen LogP contribution in [0.15, 0.2) is 48.5 Å². The van der Waals surface area contributed by atoms with Crippen molar-refractivity contribution >= 4 is 5.91 Å². The molecule has 0 spiro atoms. The summed E-state index contributed by atoms with van der Waals surface area (Å²) >= 11 is 0. The highest BCUT2D eigenvalue weighted by molar-refractivity contribution is 5.94. The number of hydrogen-bond acceptors (Lipinski definition) is 4. The number of aliphatic hydroxyl groups is 1. The fourth-order valence-electron chi connectivity index (χ4n) is 4.46. The van der Waals surface area contributed by atoms with E-state index in [2.05, 4.69) is 12.1 Å². The number of piperidine rings is 1. The van der Waals surface area contributed by atoms with E-state index in [9.17, 15) is 9.90 Å². The average Bonchev–Trinajstić information content (AvgIpc) is 3.11. The molecule has 4 rings (SSSR count). The van der Waals surface area contributed by atoms with E-state index in [0.717, 1.165) is 16.7 Å². The maximum Gasteiger partial charge on any atom is 0.253 e. The van der Waals surface area contributed by atoms with Gasteiger partial charge in [-0.2, -0.15) is 0 Å². The predicted molar refractivity (Wildman–Crippen MR) is 108 cm³/mol. The monoisotopic (exact) mass is 383 g/mol. The topological polar surface area (TPSA) is 59.0 Å². The van der Waals surface area contributed by atoms with Crippen molar-refractivity contribution in [3.63, 3.8) is 0 Å². The lowest BCUT2D eigenvalue weighted by Gasteiger charge is -2.42. The minimum absolute atomic E-state index is 0. The van der Waals surface area contributed by atoms with Gasteiger partial charge in [0.15, 0.2) is 0 Å². The summed E-state index contributed by atoms with van der Waals surface area (Å²) < 4.78 is 11.9. The van der Waals surface area contributed by atoms with Crippen molar-refractivity contribution in [3.8, 4) is 0 Å². The second kappa shape index (κ2) is 6.99. The lowest BCUT2D eigenvalue weighted by Crippen LogP contribution is -2.53. The lowest BCUT2D eigenvalue weighted by atomic mass is 9.82. The fraction of sp³-hybridized carbons (Fsp3) is 0.435. The number of hydrogen-bond donors (Lipinski definition) is 1. The van der Waals surface area contributed by atoms with Crippen LogP contribution in [0.5, 0.6) is 0 Å². The zero-order chi connectivity index (χ0) is 19.9. The van der Waals surface area contributed by atoms with Gasteiger partial charge in [-0.1, -0.05) is 36.4 Å². The zero-order valence-corrected chi connectivity index (χ0v) is 16.6. The number of carbonyl (C=O) groups excluding carboxylic acids is 1. The van der Waals surface area contributed by atoms with Crippen molar-refractivity contribution in [3.05, 3.63) is 70.8 Å². The molecule has 0 bridgehead atoms. The van der Waals surface area contributed by atoms with E-state index < -0.39 is 11.2 Å². The highest BCUT2D eigenvalue weighted by Gasteiger charge is 2.51. The number of rotatable bonds is 3. The molecule has 2 saturated heterocycles. The summed E-state index contributed by atoms with van der Waals surface area (Å²) in [5, 5.41) is 10.3. The summed E-state index contributed by atoms with van der Waals surface area (Å²) in [6.45, 7) is 6.79. The van der Waals surface area contributed by atoms with Gasteiger partial charge in [0.05, 0.1) is 12.1 Å². The van der Waals surface area contributed by atoms with Gasteiger partial charge in [-0.05, 0) is 49.6 Å². The van der Waals surface area contributed by atoms with Crippen LogP contribution in [0, 0.1) is 6.92 Å². The van der Waals surface area contributed by atoms with Crippen LogP contribution in [0.1, 0.15) is 48.7 Å². The Labute approximate surface area is 167 Å². The van der Waals surface area contributed by atoms with E-state index in [-0.39, 0.29) is 20.2 Å². The number of carbonyl (C=O) groups is 1. The van der Waals surface area contributed by atoms with Gasteiger partial charge in [-0.15, -0.1) is 0 Å². The van der Waals surface area contributed by atoms with Crippen molar-refractivity contribution < 1.29 is 20.8 Å². The van der Waals surface area contributed by atoms with E-state index in [1.807, 2.05) is 42.2 Å². The number of amides is 1. The first-order chi connectivity index (χ1) is 13.3. The predicted octanol–water partition coefficient (Wildman–Crippen LogP) is 3.58. The summed E-state index contributed by atoms with van der Waals surface area (Å²) in [7, 11) is 0. The standard InChI is InChI=1S/C23H27NO4.H2/c1-16-13-17(9-10-19(16)22(2,3)26)21(25)24-12-11-23(18-7-5-4-6-8-18)20(14-24)27-15-28-23;/h4-10,13,20,26H,11-12,14-15H2,1-3H3;1H/t20?,23-;/m0./s1. The third kappa shape index (κ3) is 3.24. The van der Waals surface area contributed by atoms with Crippen LogP contribution in [-0.4, -0.2) is 41.9 Å². The van der Waals surface area contributed by atoms with E-state index in [4.69, 9.17) is 9.47 Å². The Morgan fingerprint density at radius 2 is 2.00 bits per heavy atom. The molecule has 0 radical (unpaired) electrons. The molecule has 150 valence electrons. The molecule has 0 aromatic heterocycles. The molecule has 1 N–H and O–H groups in total. The van der Waals surface area contributed by atoms with Gasteiger partial charge in [0.2, 0.25) is 0 Å². The number of aryl methyl sites for hydroxylation is 1. The Balaban J connectivity index is 0.00000240. The largest absolute Gasteiger partial charge is 0.386 e. The molecule has 0 saturated carbocycles. The molecule has 2 aliphatic heterocycles. The molecule has 2 aromatic rings. The van der Waals surface area contributed by atoms with Gasteiger partial charge in [0, 0.05) is 20.0 Å². The third-order valence-electron chi connectivity index (χ3n) is 5.93. The van der Waals surface area contributed by atoms with Crippen LogP contribution in [0.3, 0.4) is 0 Å². The normalized spacial score (nSPS) is 24.9. The first kappa shape index (κ1) is 19.1. The van der Waals surface area contributed by atoms with Crippen LogP contribution in [0.4, 0.5) is 0 Å². The first-order valence-corrected chi connectivity index (χ1v) is 9.75. The first-order valence-electron chi connectivity index (χ1n) is 9.75. The van der Waals surface area contributed by atoms with Gasteiger partial charge < -0.3 is 19.5 Å². The van der Waals surface area contributed by atoms with Gasteiger partial charge >= 0.3 is 0 Å². The third-order valence-corrected chi connectivity index (χ3v) is 5.93. The van der Waals surface area contributed by atoms with Crippen molar-refractivity contribution in [1.82, 2.24) is 4.90 Å². The van der Waals surface area contributed by atoms with Crippen molar-refractivity contribution in [1.29, 1.82) is 0 Å². The number of fused-ring (bicyclic) bond motifs is 1. The number of ether oxygens (including phenoxy) is 2. The Morgan fingerprint density at radius 1 is 1.25 bits per heavy atom. The van der Waals surface area contributed by atoms with Gasteiger partial charge in [0.1, 0.15) is 18.5 Å². The van der Waals surface area contributed by atoms with Crippen LogP contribution >= 0.6 is 0 Å². The maximum absolute atomic E-state index is 13.1.